The van der Waals surface area contributed by atoms with Gasteiger partial charge in [-0.15, -0.1) is 0 Å². The number of carbonyl (C=O) groups excluding carboxylic acids is 1. The van der Waals surface area contributed by atoms with Gasteiger partial charge in [-0.25, -0.2) is 0 Å². The van der Waals surface area contributed by atoms with Crippen LogP contribution in [0.4, 0.5) is 5.69 Å². The molecule has 1 amide bonds. The van der Waals surface area contributed by atoms with Crippen molar-refractivity contribution in [1.29, 1.82) is 0 Å². The van der Waals surface area contributed by atoms with Crippen molar-refractivity contribution in [3.63, 3.8) is 0 Å². The highest BCUT2D eigenvalue weighted by atomic mass is 35.5. The van der Waals surface area contributed by atoms with Crippen LogP contribution >= 0.6 is 11.6 Å². The molecule has 1 aromatic heterocycles. The minimum Gasteiger partial charge on any atom is -0.338 e. The number of carbonyl (C=O) groups is 1. The number of aromatic nitrogens is 2. The van der Waals surface area contributed by atoms with Crippen LogP contribution in [0.25, 0.3) is 11.4 Å². The molecule has 0 spiro atoms. The average Bonchev–Trinajstić information content (AvgIpc) is 3.22. The van der Waals surface area contributed by atoms with Gasteiger partial charge >= 0.3 is 0 Å². The summed E-state index contributed by atoms with van der Waals surface area (Å²) >= 11 is 5.93. The molecular weight excluding hydrogens is 412 g/mol. The van der Waals surface area contributed by atoms with Gasteiger partial charge in [-0.05, 0) is 87.2 Å². The Kier molecular flexibility index (Phi) is 6.99. The van der Waals surface area contributed by atoms with Crippen LogP contribution in [0, 0.1) is 12.8 Å². The van der Waals surface area contributed by atoms with Crippen LogP contribution < -0.4 is 5.32 Å². The number of piperidine rings is 1. The summed E-state index contributed by atoms with van der Waals surface area (Å²) in [5.74, 6) is 1.88. The summed E-state index contributed by atoms with van der Waals surface area (Å²) < 4.78 is 5.43. The fourth-order valence-corrected chi connectivity index (χ4v) is 4.07. The van der Waals surface area contributed by atoms with Crippen molar-refractivity contribution in [2.75, 3.05) is 18.4 Å². The molecule has 1 aliphatic rings. The number of nitrogens with one attached hydrogen (secondary N) is 1. The summed E-state index contributed by atoms with van der Waals surface area (Å²) in [5.41, 5.74) is 2.91. The number of amides is 1. The summed E-state index contributed by atoms with van der Waals surface area (Å²) in [7, 11) is 0. The standard InChI is InChI=1S/C24H27ClN4O2/c1-17-3-2-4-21(15-17)26-22(30)10-5-18-11-13-29(14-12-18)16-23-27-24(28-31-23)19-6-8-20(25)9-7-19/h2-4,6-9,15,18H,5,10-14,16H2,1H3,(H,26,30). The third kappa shape index (κ3) is 6.15. The lowest BCUT2D eigenvalue weighted by molar-refractivity contribution is -0.116. The number of anilines is 1. The van der Waals surface area contributed by atoms with Gasteiger partial charge in [-0.3, -0.25) is 9.69 Å². The first-order valence-electron chi connectivity index (χ1n) is 10.7. The first-order valence-corrected chi connectivity index (χ1v) is 11.1. The number of nitrogens with zero attached hydrogens (tertiary/aromatic N) is 3. The van der Waals surface area contributed by atoms with Gasteiger partial charge in [0.25, 0.3) is 0 Å². The van der Waals surface area contributed by atoms with Gasteiger partial charge in [0, 0.05) is 22.7 Å². The smallest absolute Gasteiger partial charge is 0.241 e. The van der Waals surface area contributed by atoms with E-state index in [-0.39, 0.29) is 5.91 Å². The lowest BCUT2D eigenvalue weighted by Crippen LogP contribution is -2.33. The zero-order chi connectivity index (χ0) is 21.6. The van der Waals surface area contributed by atoms with E-state index in [4.69, 9.17) is 16.1 Å². The quantitative estimate of drug-likeness (QED) is 0.539. The Morgan fingerprint density at radius 2 is 1.97 bits per heavy atom. The Hall–Kier alpha value is -2.70. The zero-order valence-corrected chi connectivity index (χ0v) is 18.4. The molecule has 2 aromatic carbocycles. The molecule has 0 saturated carbocycles. The van der Waals surface area contributed by atoms with Crippen molar-refractivity contribution in [3.05, 3.63) is 65.0 Å². The normalized spacial score (nSPS) is 15.2. The second kappa shape index (κ2) is 10.1. The van der Waals surface area contributed by atoms with E-state index < -0.39 is 0 Å². The van der Waals surface area contributed by atoms with E-state index in [0.29, 0.717) is 35.6 Å². The van der Waals surface area contributed by atoms with E-state index in [1.807, 2.05) is 55.5 Å². The molecule has 0 unspecified atom stereocenters. The van der Waals surface area contributed by atoms with E-state index in [0.717, 1.165) is 49.2 Å². The third-order valence-corrected chi connectivity index (χ3v) is 5.97. The lowest BCUT2D eigenvalue weighted by Gasteiger charge is -2.30. The Balaban J connectivity index is 1.19. The SMILES string of the molecule is Cc1cccc(NC(=O)CCC2CCN(Cc3nc(-c4ccc(Cl)cc4)no3)CC2)c1. The average molecular weight is 439 g/mol. The van der Waals surface area contributed by atoms with Gasteiger partial charge in [0.2, 0.25) is 17.6 Å². The molecule has 1 saturated heterocycles. The highest BCUT2D eigenvalue weighted by Gasteiger charge is 2.22. The monoisotopic (exact) mass is 438 g/mol. The first-order chi connectivity index (χ1) is 15.0. The Labute approximate surface area is 187 Å². The molecule has 7 heteroatoms. The van der Waals surface area contributed by atoms with Crippen molar-refractivity contribution in [1.82, 2.24) is 15.0 Å². The Morgan fingerprint density at radius 3 is 2.71 bits per heavy atom. The molecule has 3 aromatic rings. The number of hydrogen-bond donors (Lipinski definition) is 1. The minimum atomic E-state index is 0.0913. The van der Waals surface area contributed by atoms with Crippen LogP contribution in [-0.4, -0.2) is 34.0 Å². The molecule has 0 aliphatic carbocycles. The molecule has 4 rings (SSSR count). The summed E-state index contributed by atoms with van der Waals surface area (Å²) in [4.78, 5) is 19.1. The van der Waals surface area contributed by atoms with Crippen LogP contribution in [-0.2, 0) is 11.3 Å². The maximum atomic E-state index is 12.3. The molecule has 1 aliphatic heterocycles. The highest BCUT2D eigenvalue weighted by Crippen LogP contribution is 2.24. The van der Waals surface area contributed by atoms with E-state index in [9.17, 15) is 4.79 Å². The maximum Gasteiger partial charge on any atom is 0.241 e. The predicted octanol–water partition coefficient (Wildman–Crippen LogP) is 5.33. The molecule has 2 heterocycles. The number of rotatable bonds is 7. The molecule has 162 valence electrons. The maximum absolute atomic E-state index is 12.3. The molecule has 1 fully saturated rings. The van der Waals surface area contributed by atoms with Crippen molar-refractivity contribution in [2.45, 2.75) is 39.2 Å². The van der Waals surface area contributed by atoms with Crippen LogP contribution in [0.5, 0.6) is 0 Å². The number of hydrogen-bond acceptors (Lipinski definition) is 5. The number of halogens is 1. The second-order valence-corrected chi connectivity index (χ2v) is 8.63. The van der Waals surface area contributed by atoms with Gasteiger partial charge in [0.15, 0.2) is 0 Å². The topological polar surface area (TPSA) is 71.3 Å². The predicted molar refractivity (Wildman–Crippen MR) is 122 cm³/mol. The summed E-state index contributed by atoms with van der Waals surface area (Å²) in [6.45, 7) is 4.63. The van der Waals surface area contributed by atoms with Crippen LogP contribution in [0.15, 0.2) is 53.1 Å². The molecule has 1 N–H and O–H groups in total. The number of benzene rings is 2. The molecule has 6 nitrogen and oxygen atoms in total. The van der Waals surface area contributed by atoms with Gasteiger partial charge in [0.05, 0.1) is 6.54 Å². The summed E-state index contributed by atoms with van der Waals surface area (Å²) in [6.07, 6.45) is 3.64. The van der Waals surface area contributed by atoms with Gasteiger partial charge in [0.1, 0.15) is 0 Å². The van der Waals surface area contributed by atoms with Crippen molar-refractivity contribution in [3.8, 4) is 11.4 Å². The van der Waals surface area contributed by atoms with Crippen molar-refractivity contribution < 1.29 is 9.32 Å². The van der Waals surface area contributed by atoms with Crippen molar-refractivity contribution >= 4 is 23.2 Å². The Bertz CT molecular complexity index is 1010. The van der Waals surface area contributed by atoms with Crippen molar-refractivity contribution in [2.24, 2.45) is 5.92 Å². The summed E-state index contributed by atoms with van der Waals surface area (Å²) in [6, 6.07) is 15.3. The van der Waals surface area contributed by atoms with E-state index in [2.05, 4.69) is 20.4 Å². The fourth-order valence-electron chi connectivity index (χ4n) is 3.94. The van der Waals surface area contributed by atoms with E-state index >= 15 is 0 Å². The van der Waals surface area contributed by atoms with Gasteiger partial charge < -0.3 is 9.84 Å². The van der Waals surface area contributed by atoms with Crippen LogP contribution in [0.1, 0.15) is 37.1 Å². The highest BCUT2D eigenvalue weighted by molar-refractivity contribution is 6.30. The molecule has 0 atom stereocenters. The lowest BCUT2D eigenvalue weighted by atomic mass is 9.92. The molecule has 31 heavy (non-hydrogen) atoms. The second-order valence-electron chi connectivity index (χ2n) is 8.19. The van der Waals surface area contributed by atoms with E-state index in [1.54, 1.807) is 0 Å². The van der Waals surface area contributed by atoms with Gasteiger partial charge in [-0.1, -0.05) is 28.9 Å². The van der Waals surface area contributed by atoms with Crippen LogP contribution in [0.2, 0.25) is 5.02 Å². The number of aryl methyl sites for hydroxylation is 1. The third-order valence-electron chi connectivity index (χ3n) is 5.72. The zero-order valence-electron chi connectivity index (χ0n) is 17.7. The largest absolute Gasteiger partial charge is 0.338 e. The molecule has 0 bridgehead atoms. The summed E-state index contributed by atoms with van der Waals surface area (Å²) in [5, 5.41) is 7.77. The minimum absolute atomic E-state index is 0.0913. The first kappa shape index (κ1) is 21.5. The molecule has 0 radical (unpaired) electrons. The van der Waals surface area contributed by atoms with Gasteiger partial charge in [-0.2, -0.15) is 4.98 Å². The Morgan fingerprint density at radius 1 is 1.19 bits per heavy atom. The fraction of sp³-hybridized carbons (Fsp3) is 0.375. The molecular formula is C24H27ClN4O2. The van der Waals surface area contributed by atoms with E-state index in [1.165, 1.54) is 0 Å². The number of likely N-dealkylation sites (tertiary alicyclic amines) is 1. The van der Waals surface area contributed by atoms with Crippen LogP contribution in [0.3, 0.4) is 0 Å².